The number of urea groups is 1. The minimum atomic E-state index is -0.503. The maximum atomic E-state index is 12.6. The first kappa shape index (κ1) is 18.5. The Kier molecular flexibility index (Phi) is 5.61. The van der Waals surface area contributed by atoms with Gasteiger partial charge in [0.05, 0.1) is 18.7 Å². The molecule has 1 aromatic carbocycles. The lowest BCUT2D eigenvalue weighted by Crippen LogP contribution is -2.49. The van der Waals surface area contributed by atoms with Gasteiger partial charge in [-0.2, -0.15) is 0 Å². The second-order valence-corrected chi connectivity index (χ2v) is 7.11. The molecule has 6 heteroatoms. The largest absolute Gasteiger partial charge is 0.466 e. The minimum absolute atomic E-state index is 0.283. The van der Waals surface area contributed by atoms with Crippen LogP contribution in [0.5, 0.6) is 0 Å². The Bertz CT molecular complexity index is 736. The van der Waals surface area contributed by atoms with Gasteiger partial charge < -0.3 is 15.4 Å². The number of carbonyl (C=O) groups is 2. The van der Waals surface area contributed by atoms with Gasteiger partial charge in [-0.15, -0.1) is 0 Å². The number of esters is 1. The summed E-state index contributed by atoms with van der Waals surface area (Å²) in [5, 5.41) is 5.74. The lowest BCUT2D eigenvalue weighted by atomic mass is 9.91. The van der Waals surface area contributed by atoms with Gasteiger partial charge in [-0.25, -0.2) is 9.59 Å². The van der Waals surface area contributed by atoms with Crippen LogP contribution in [0.25, 0.3) is 0 Å². The third-order valence-corrected chi connectivity index (χ3v) is 5.13. The van der Waals surface area contributed by atoms with Crippen molar-refractivity contribution in [2.75, 3.05) is 26.7 Å². The molecule has 6 nitrogen and oxygen atoms in total. The molecule has 0 spiro atoms. The van der Waals surface area contributed by atoms with Crippen LogP contribution in [0.4, 0.5) is 4.79 Å². The number of carbonyl (C=O) groups excluding carboxylic acids is 2. The Morgan fingerprint density at radius 1 is 1.23 bits per heavy atom. The number of nitrogens with one attached hydrogen (secondary N) is 2. The Hall–Kier alpha value is -2.34. The summed E-state index contributed by atoms with van der Waals surface area (Å²) in [5.41, 5.74) is 4.23. The molecule has 0 bridgehead atoms. The number of hydrogen-bond acceptors (Lipinski definition) is 4. The first-order valence-electron chi connectivity index (χ1n) is 9.18. The molecule has 1 atom stereocenters. The molecule has 0 saturated carbocycles. The van der Waals surface area contributed by atoms with Gasteiger partial charge in [-0.3, -0.25) is 4.90 Å². The van der Waals surface area contributed by atoms with E-state index in [1.54, 1.807) is 0 Å². The molecule has 1 fully saturated rings. The number of methoxy groups -OCH3 is 1. The molecule has 2 heterocycles. The van der Waals surface area contributed by atoms with Crippen LogP contribution in [0.1, 0.15) is 42.0 Å². The molecule has 0 aromatic heterocycles. The first-order chi connectivity index (χ1) is 12.5. The summed E-state index contributed by atoms with van der Waals surface area (Å²) in [6, 6.07) is 5.24. The fourth-order valence-electron chi connectivity index (χ4n) is 3.82. The van der Waals surface area contributed by atoms with Crippen molar-refractivity contribution in [2.24, 2.45) is 0 Å². The van der Waals surface area contributed by atoms with Crippen molar-refractivity contribution in [3.8, 4) is 0 Å². The summed E-state index contributed by atoms with van der Waals surface area (Å²) < 4.78 is 5.05. The topological polar surface area (TPSA) is 70.7 Å². The molecule has 2 amide bonds. The van der Waals surface area contributed by atoms with Gasteiger partial charge in [0.15, 0.2) is 0 Å². The van der Waals surface area contributed by atoms with Crippen molar-refractivity contribution in [1.29, 1.82) is 0 Å². The summed E-state index contributed by atoms with van der Waals surface area (Å²) in [6.07, 6.45) is 3.53. The Labute approximate surface area is 154 Å². The van der Waals surface area contributed by atoms with Crippen LogP contribution in [0.3, 0.4) is 0 Å². The van der Waals surface area contributed by atoms with Crippen LogP contribution >= 0.6 is 0 Å². The van der Waals surface area contributed by atoms with Crippen molar-refractivity contribution in [2.45, 2.75) is 39.2 Å². The maximum Gasteiger partial charge on any atom is 0.338 e. The molecule has 2 aliphatic rings. The number of aryl methyl sites for hydroxylation is 2. The van der Waals surface area contributed by atoms with Gasteiger partial charge in [0.1, 0.15) is 0 Å². The van der Waals surface area contributed by atoms with Crippen LogP contribution in [-0.2, 0) is 9.53 Å². The normalized spacial score (nSPS) is 21.2. The number of piperidine rings is 1. The lowest BCUT2D eigenvalue weighted by molar-refractivity contribution is -0.136. The zero-order chi connectivity index (χ0) is 18.7. The summed E-state index contributed by atoms with van der Waals surface area (Å²) >= 11 is 0. The molecule has 1 saturated heterocycles. The van der Waals surface area contributed by atoms with E-state index in [1.807, 2.05) is 26.0 Å². The van der Waals surface area contributed by atoms with Gasteiger partial charge in [-0.1, -0.05) is 30.2 Å². The molecule has 3 rings (SSSR count). The summed E-state index contributed by atoms with van der Waals surface area (Å²) in [6.45, 7) is 6.54. The van der Waals surface area contributed by atoms with E-state index in [4.69, 9.17) is 4.74 Å². The van der Waals surface area contributed by atoms with Crippen molar-refractivity contribution in [3.63, 3.8) is 0 Å². The quantitative estimate of drug-likeness (QED) is 0.813. The molecular formula is C20H27N3O3. The summed E-state index contributed by atoms with van der Waals surface area (Å²) in [4.78, 5) is 27.2. The van der Waals surface area contributed by atoms with E-state index in [9.17, 15) is 9.59 Å². The highest BCUT2D eigenvalue weighted by molar-refractivity contribution is 5.95. The van der Waals surface area contributed by atoms with Crippen LogP contribution < -0.4 is 10.6 Å². The van der Waals surface area contributed by atoms with Crippen LogP contribution in [0.15, 0.2) is 29.5 Å². The van der Waals surface area contributed by atoms with Crippen molar-refractivity contribution < 1.29 is 14.3 Å². The van der Waals surface area contributed by atoms with E-state index < -0.39 is 12.0 Å². The van der Waals surface area contributed by atoms with E-state index in [0.29, 0.717) is 17.8 Å². The number of nitrogens with zero attached hydrogens (tertiary/aromatic N) is 1. The summed E-state index contributed by atoms with van der Waals surface area (Å²) in [7, 11) is 1.38. The van der Waals surface area contributed by atoms with Gasteiger partial charge in [-0.05, 0) is 50.9 Å². The third-order valence-electron chi connectivity index (χ3n) is 5.13. The standard InChI is InChI=1S/C20H27N3O3/c1-13-7-8-15(14(2)11-13)18-17(19(24)26-3)16(21-20(25)22-18)12-23-9-5-4-6-10-23/h7-8,11,18H,4-6,9-10,12H2,1-3H3,(H2,21,22,25)/t18-/m0/s1. The highest BCUT2D eigenvalue weighted by atomic mass is 16.5. The smallest absolute Gasteiger partial charge is 0.338 e. The molecule has 0 radical (unpaired) electrons. The van der Waals surface area contributed by atoms with Gasteiger partial charge >= 0.3 is 12.0 Å². The van der Waals surface area contributed by atoms with Crippen molar-refractivity contribution in [1.82, 2.24) is 15.5 Å². The number of amides is 2. The van der Waals surface area contributed by atoms with Crippen LogP contribution in [0, 0.1) is 13.8 Å². The Balaban J connectivity index is 2.01. The zero-order valence-corrected chi connectivity index (χ0v) is 15.7. The zero-order valence-electron chi connectivity index (χ0n) is 15.7. The molecule has 2 N–H and O–H groups in total. The average Bonchev–Trinajstić information content (AvgIpc) is 2.61. The van der Waals surface area contributed by atoms with E-state index in [1.165, 1.54) is 13.5 Å². The van der Waals surface area contributed by atoms with Crippen molar-refractivity contribution in [3.05, 3.63) is 46.2 Å². The van der Waals surface area contributed by atoms with E-state index in [-0.39, 0.29) is 6.03 Å². The number of ether oxygens (including phenoxy) is 1. The fourth-order valence-corrected chi connectivity index (χ4v) is 3.82. The van der Waals surface area contributed by atoms with Gasteiger partial charge in [0.2, 0.25) is 0 Å². The number of benzene rings is 1. The number of rotatable bonds is 4. The Morgan fingerprint density at radius 2 is 1.96 bits per heavy atom. The molecule has 0 aliphatic carbocycles. The van der Waals surface area contributed by atoms with Gasteiger partial charge in [0, 0.05) is 12.2 Å². The Morgan fingerprint density at radius 3 is 2.62 bits per heavy atom. The number of likely N-dealkylation sites (tertiary alicyclic amines) is 1. The van der Waals surface area contributed by atoms with E-state index in [2.05, 4.69) is 21.6 Å². The minimum Gasteiger partial charge on any atom is -0.466 e. The average molecular weight is 357 g/mol. The second kappa shape index (κ2) is 7.91. The van der Waals surface area contributed by atoms with Gasteiger partial charge in [0.25, 0.3) is 0 Å². The highest BCUT2D eigenvalue weighted by Gasteiger charge is 2.34. The maximum absolute atomic E-state index is 12.6. The van der Waals surface area contributed by atoms with E-state index in [0.717, 1.165) is 42.6 Å². The predicted molar refractivity (Wildman–Crippen MR) is 99.7 cm³/mol. The second-order valence-electron chi connectivity index (χ2n) is 7.11. The van der Waals surface area contributed by atoms with E-state index >= 15 is 0 Å². The first-order valence-corrected chi connectivity index (χ1v) is 9.18. The fraction of sp³-hybridized carbons (Fsp3) is 0.500. The summed E-state index contributed by atoms with van der Waals surface area (Å²) in [5.74, 6) is -0.408. The monoisotopic (exact) mass is 357 g/mol. The highest BCUT2D eigenvalue weighted by Crippen LogP contribution is 2.30. The predicted octanol–water partition coefficient (Wildman–Crippen LogP) is 2.57. The number of hydrogen-bond donors (Lipinski definition) is 2. The molecule has 2 aliphatic heterocycles. The SMILES string of the molecule is COC(=O)C1=C(CN2CCCCC2)NC(=O)N[C@H]1c1ccc(C)cc1C. The van der Waals surface area contributed by atoms with Crippen molar-refractivity contribution >= 4 is 12.0 Å². The molecule has 140 valence electrons. The van der Waals surface area contributed by atoms with Crippen LogP contribution in [0.2, 0.25) is 0 Å². The lowest BCUT2D eigenvalue weighted by Gasteiger charge is -2.33. The molecule has 1 aromatic rings. The molecular weight excluding hydrogens is 330 g/mol. The van der Waals surface area contributed by atoms with Crippen LogP contribution in [-0.4, -0.2) is 43.6 Å². The molecule has 0 unspecified atom stereocenters. The molecule has 26 heavy (non-hydrogen) atoms. The third kappa shape index (κ3) is 3.90.